The molecular weight excluding hydrogens is 344 g/mol. The fourth-order valence-corrected chi connectivity index (χ4v) is 3.63. The van der Waals surface area contributed by atoms with E-state index >= 15 is 0 Å². The van der Waals surface area contributed by atoms with Crippen LogP contribution in [0.3, 0.4) is 0 Å². The van der Waals surface area contributed by atoms with Crippen molar-refractivity contribution in [2.24, 2.45) is 11.8 Å². The molecule has 0 bridgehead atoms. The molecule has 1 aromatic carbocycles. The summed E-state index contributed by atoms with van der Waals surface area (Å²) in [7, 11) is 3.24. The van der Waals surface area contributed by atoms with Crippen molar-refractivity contribution in [3.8, 4) is 11.5 Å². The van der Waals surface area contributed by atoms with Crippen molar-refractivity contribution in [1.29, 1.82) is 0 Å². The molecule has 1 fully saturated rings. The summed E-state index contributed by atoms with van der Waals surface area (Å²) in [4.78, 5) is 26.8. The Morgan fingerprint density at radius 3 is 2.67 bits per heavy atom. The maximum atomic E-state index is 12.7. The largest absolute Gasteiger partial charge is 0.497 e. The smallest absolute Gasteiger partial charge is 0.225 e. The molecule has 150 valence electrons. The lowest BCUT2D eigenvalue weighted by Gasteiger charge is -2.39. The number of likely N-dealkylation sites (tertiary alicyclic amines) is 1. The van der Waals surface area contributed by atoms with Crippen molar-refractivity contribution in [3.63, 3.8) is 0 Å². The fourth-order valence-electron chi connectivity index (χ4n) is 3.63. The van der Waals surface area contributed by atoms with Gasteiger partial charge in [-0.25, -0.2) is 0 Å². The predicted molar refractivity (Wildman–Crippen MR) is 105 cm³/mol. The quantitative estimate of drug-likeness (QED) is 0.757. The summed E-state index contributed by atoms with van der Waals surface area (Å²) in [5.74, 6) is 1.91. The minimum Gasteiger partial charge on any atom is -0.497 e. The highest BCUT2D eigenvalue weighted by atomic mass is 16.5. The normalized spacial score (nSPS) is 19.9. The van der Waals surface area contributed by atoms with Gasteiger partial charge in [0, 0.05) is 31.6 Å². The molecule has 27 heavy (non-hydrogen) atoms. The summed E-state index contributed by atoms with van der Waals surface area (Å²) in [6, 6.07) is 5.62. The third-order valence-electron chi connectivity index (χ3n) is 5.15. The van der Waals surface area contributed by atoms with Gasteiger partial charge in [0.15, 0.2) is 0 Å². The molecule has 0 aliphatic carbocycles. The molecule has 2 amide bonds. The second-order valence-corrected chi connectivity index (χ2v) is 7.54. The topological polar surface area (TPSA) is 67.9 Å². The maximum absolute atomic E-state index is 12.7. The van der Waals surface area contributed by atoms with Gasteiger partial charge in [-0.2, -0.15) is 0 Å². The molecule has 0 radical (unpaired) electrons. The Balaban J connectivity index is 1.92. The lowest BCUT2D eigenvalue weighted by Crippen LogP contribution is -2.52. The first-order valence-electron chi connectivity index (χ1n) is 9.65. The molecule has 1 aromatic rings. The molecular formula is C21H32N2O4. The first kappa shape index (κ1) is 21.1. The zero-order valence-corrected chi connectivity index (χ0v) is 17.1. The predicted octanol–water partition coefficient (Wildman–Crippen LogP) is 2.65. The van der Waals surface area contributed by atoms with Crippen LogP contribution in [0.15, 0.2) is 18.2 Å². The molecule has 2 rings (SSSR count). The minimum atomic E-state index is -0.154. The van der Waals surface area contributed by atoms with Gasteiger partial charge in [0.1, 0.15) is 11.5 Å². The van der Waals surface area contributed by atoms with E-state index in [1.807, 2.05) is 30.0 Å². The van der Waals surface area contributed by atoms with E-state index in [9.17, 15) is 9.59 Å². The van der Waals surface area contributed by atoms with Crippen LogP contribution in [0.25, 0.3) is 0 Å². The Kier molecular flexibility index (Phi) is 7.51. The van der Waals surface area contributed by atoms with Gasteiger partial charge < -0.3 is 19.7 Å². The van der Waals surface area contributed by atoms with Gasteiger partial charge in [0.05, 0.1) is 20.1 Å². The molecule has 0 saturated carbocycles. The standard InChI is InChI=1S/C21H32N2O4/c1-14(2)13-23-15(3)18(8-9-20(23)24)21(25)22-11-10-16-6-7-17(26-4)12-19(16)27-5/h6-7,12,14-15,18H,8-11,13H2,1-5H3,(H,22,25)/t15-,18-/m1/s1. The Labute approximate surface area is 162 Å². The molecule has 1 N–H and O–H groups in total. The van der Waals surface area contributed by atoms with Crippen LogP contribution in [0.4, 0.5) is 0 Å². The van der Waals surface area contributed by atoms with Crippen LogP contribution in [-0.4, -0.2) is 50.1 Å². The molecule has 0 aromatic heterocycles. The van der Waals surface area contributed by atoms with E-state index in [0.29, 0.717) is 38.3 Å². The maximum Gasteiger partial charge on any atom is 0.225 e. The number of rotatable bonds is 8. The molecule has 1 aliphatic rings. The summed E-state index contributed by atoms with van der Waals surface area (Å²) in [5, 5.41) is 3.04. The molecule has 1 aliphatic heterocycles. The van der Waals surface area contributed by atoms with Crippen LogP contribution in [0.2, 0.25) is 0 Å². The number of nitrogens with zero attached hydrogens (tertiary/aromatic N) is 1. The van der Waals surface area contributed by atoms with Crippen molar-refractivity contribution >= 4 is 11.8 Å². The van der Waals surface area contributed by atoms with Crippen LogP contribution in [-0.2, 0) is 16.0 Å². The molecule has 1 saturated heterocycles. The third-order valence-corrected chi connectivity index (χ3v) is 5.15. The van der Waals surface area contributed by atoms with E-state index in [1.165, 1.54) is 0 Å². The van der Waals surface area contributed by atoms with Gasteiger partial charge in [-0.05, 0) is 37.3 Å². The lowest BCUT2D eigenvalue weighted by atomic mass is 9.88. The van der Waals surface area contributed by atoms with Crippen LogP contribution >= 0.6 is 0 Å². The van der Waals surface area contributed by atoms with Crippen molar-refractivity contribution in [1.82, 2.24) is 10.2 Å². The van der Waals surface area contributed by atoms with Crippen molar-refractivity contribution < 1.29 is 19.1 Å². The molecule has 6 nitrogen and oxygen atoms in total. The molecule has 0 spiro atoms. The van der Waals surface area contributed by atoms with E-state index in [2.05, 4.69) is 19.2 Å². The van der Waals surface area contributed by atoms with Gasteiger partial charge in [-0.3, -0.25) is 9.59 Å². The third kappa shape index (κ3) is 5.37. The van der Waals surface area contributed by atoms with E-state index in [1.54, 1.807) is 14.2 Å². The van der Waals surface area contributed by atoms with Crippen LogP contribution < -0.4 is 14.8 Å². The lowest BCUT2D eigenvalue weighted by molar-refractivity contribution is -0.142. The highest BCUT2D eigenvalue weighted by molar-refractivity contribution is 5.84. The monoisotopic (exact) mass is 376 g/mol. The number of hydrogen-bond acceptors (Lipinski definition) is 4. The van der Waals surface area contributed by atoms with Gasteiger partial charge >= 0.3 is 0 Å². The highest BCUT2D eigenvalue weighted by Gasteiger charge is 2.36. The summed E-state index contributed by atoms with van der Waals surface area (Å²) < 4.78 is 10.6. The van der Waals surface area contributed by atoms with E-state index < -0.39 is 0 Å². The zero-order valence-electron chi connectivity index (χ0n) is 17.1. The SMILES string of the molecule is COc1ccc(CCNC(=O)[C@@H]2CCC(=O)N(CC(C)C)[C@@H]2C)c(OC)c1. The average Bonchev–Trinajstić information content (AvgIpc) is 2.65. The number of amides is 2. The number of nitrogens with one attached hydrogen (secondary N) is 1. The Morgan fingerprint density at radius 1 is 1.30 bits per heavy atom. The molecule has 0 unspecified atom stereocenters. The van der Waals surface area contributed by atoms with Gasteiger partial charge in [0.25, 0.3) is 0 Å². The highest BCUT2D eigenvalue weighted by Crippen LogP contribution is 2.26. The first-order valence-corrected chi connectivity index (χ1v) is 9.65. The Bertz CT molecular complexity index is 660. The Morgan fingerprint density at radius 2 is 2.04 bits per heavy atom. The minimum absolute atomic E-state index is 0.0243. The van der Waals surface area contributed by atoms with Crippen molar-refractivity contribution in [3.05, 3.63) is 23.8 Å². The summed E-state index contributed by atoms with van der Waals surface area (Å²) >= 11 is 0. The van der Waals surface area contributed by atoms with E-state index in [-0.39, 0.29) is 23.8 Å². The number of carbonyl (C=O) groups excluding carboxylic acids is 2. The molecule has 2 atom stereocenters. The number of methoxy groups -OCH3 is 2. The fraction of sp³-hybridized carbons (Fsp3) is 0.619. The first-order chi connectivity index (χ1) is 12.9. The van der Waals surface area contributed by atoms with Crippen LogP contribution in [0, 0.1) is 11.8 Å². The molecule has 6 heteroatoms. The van der Waals surface area contributed by atoms with Crippen LogP contribution in [0.1, 0.15) is 39.2 Å². The number of hydrogen-bond donors (Lipinski definition) is 1. The van der Waals surface area contributed by atoms with Gasteiger partial charge in [-0.1, -0.05) is 19.9 Å². The zero-order chi connectivity index (χ0) is 20.0. The Hall–Kier alpha value is -2.24. The van der Waals surface area contributed by atoms with Crippen molar-refractivity contribution in [2.75, 3.05) is 27.3 Å². The number of ether oxygens (including phenoxy) is 2. The summed E-state index contributed by atoms with van der Waals surface area (Å²) in [6.07, 6.45) is 1.74. The van der Waals surface area contributed by atoms with Crippen molar-refractivity contribution in [2.45, 2.75) is 46.1 Å². The second-order valence-electron chi connectivity index (χ2n) is 7.54. The van der Waals surface area contributed by atoms with Crippen LogP contribution in [0.5, 0.6) is 11.5 Å². The summed E-state index contributed by atoms with van der Waals surface area (Å²) in [5.41, 5.74) is 1.02. The van der Waals surface area contributed by atoms with E-state index in [0.717, 1.165) is 17.1 Å². The van der Waals surface area contributed by atoms with Gasteiger partial charge in [0.2, 0.25) is 11.8 Å². The number of benzene rings is 1. The number of carbonyl (C=O) groups is 2. The second kappa shape index (κ2) is 9.62. The molecule has 1 heterocycles. The average molecular weight is 376 g/mol. The summed E-state index contributed by atoms with van der Waals surface area (Å²) in [6.45, 7) is 7.39. The number of piperidine rings is 1. The van der Waals surface area contributed by atoms with Gasteiger partial charge in [-0.15, -0.1) is 0 Å². The van der Waals surface area contributed by atoms with E-state index in [4.69, 9.17) is 9.47 Å².